The molecule has 136 valence electrons. The number of nitrogens with one attached hydrogen (secondary N) is 2. The minimum atomic E-state index is -0.249. The molecule has 1 saturated heterocycles. The molecule has 2 aromatic rings. The van der Waals surface area contributed by atoms with Crippen LogP contribution in [0.4, 0.5) is 0 Å². The number of piperidine rings is 1. The number of carbonyl (C=O) groups excluding carboxylic acids is 1. The molecule has 0 atom stereocenters. The van der Waals surface area contributed by atoms with Gasteiger partial charge in [-0.3, -0.25) is 4.79 Å². The Kier molecular flexibility index (Phi) is 5.80. The van der Waals surface area contributed by atoms with Crippen LogP contribution in [-0.4, -0.2) is 39.1 Å². The van der Waals surface area contributed by atoms with Crippen molar-refractivity contribution in [2.75, 3.05) is 13.1 Å². The highest BCUT2D eigenvalue weighted by molar-refractivity contribution is 5.91. The lowest BCUT2D eigenvalue weighted by atomic mass is 9.99. The largest absolute Gasteiger partial charge is 0.359 e. The first-order valence-corrected chi connectivity index (χ1v) is 9.07. The number of nitrogens with zero attached hydrogens (tertiary/aromatic N) is 4. The smallest absolute Gasteiger partial charge is 0.273 e. The van der Waals surface area contributed by atoms with Crippen LogP contribution in [-0.2, 0) is 6.54 Å². The minimum absolute atomic E-state index is 0.249. The first-order chi connectivity index (χ1) is 12.2. The molecule has 25 heavy (non-hydrogen) atoms. The third kappa shape index (κ3) is 4.25. The predicted octanol–water partition coefficient (Wildman–Crippen LogP) is 2.02. The highest BCUT2D eigenvalue weighted by Crippen LogP contribution is 2.22. The third-order valence-electron chi connectivity index (χ3n) is 4.83. The Labute approximate surface area is 147 Å². The maximum absolute atomic E-state index is 12.3. The summed E-state index contributed by atoms with van der Waals surface area (Å²) in [6.45, 7) is 6.50. The van der Waals surface area contributed by atoms with Crippen LogP contribution in [0.1, 0.15) is 73.4 Å². The Morgan fingerprint density at radius 3 is 2.88 bits per heavy atom. The summed E-state index contributed by atoms with van der Waals surface area (Å²) in [5, 5.41) is 18.3. The van der Waals surface area contributed by atoms with Crippen molar-refractivity contribution in [3.05, 3.63) is 29.4 Å². The Bertz CT molecular complexity index is 685. The van der Waals surface area contributed by atoms with Gasteiger partial charge < -0.3 is 15.2 Å². The molecule has 0 aliphatic carbocycles. The van der Waals surface area contributed by atoms with Crippen molar-refractivity contribution < 1.29 is 9.32 Å². The van der Waals surface area contributed by atoms with Gasteiger partial charge in [0.2, 0.25) is 0 Å². The van der Waals surface area contributed by atoms with Crippen LogP contribution < -0.4 is 10.6 Å². The molecule has 3 heterocycles. The van der Waals surface area contributed by atoms with Gasteiger partial charge in [-0.25, -0.2) is 4.68 Å². The molecule has 0 bridgehead atoms. The van der Waals surface area contributed by atoms with Crippen molar-refractivity contribution in [1.82, 2.24) is 30.8 Å². The molecule has 8 heteroatoms. The second-order valence-corrected chi connectivity index (χ2v) is 6.48. The van der Waals surface area contributed by atoms with Gasteiger partial charge in [-0.2, -0.15) is 0 Å². The molecule has 1 aliphatic heterocycles. The lowest BCUT2D eigenvalue weighted by Gasteiger charge is -2.22. The summed E-state index contributed by atoms with van der Waals surface area (Å²) in [5.41, 5.74) is 1.28. The van der Waals surface area contributed by atoms with E-state index in [0.29, 0.717) is 30.0 Å². The van der Waals surface area contributed by atoms with Gasteiger partial charge in [0.15, 0.2) is 11.5 Å². The summed E-state index contributed by atoms with van der Waals surface area (Å²) in [6.07, 6.45) is 5.77. The normalized spacial score (nSPS) is 15.6. The van der Waals surface area contributed by atoms with Crippen LogP contribution >= 0.6 is 0 Å². The Balaban J connectivity index is 1.55. The molecule has 0 radical (unpaired) electrons. The molecule has 1 aliphatic rings. The van der Waals surface area contributed by atoms with Crippen LogP contribution in [0.3, 0.4) is 0 Å². The second kappa shape index (κ2) is 8.24. The Morgan fingerprint density at radius 2 is 2.16 bits per heavy atom. The third-order valence-corrected chi connectivity index (χ3v) is 4.83. The van der Waals surface area contributed by atoms with Gasteiger partial charge in [0.05, 0.1) is 24.5 Å². The molecule has 0 aromatic carbocycles. The van der Waals surface area contributed by atoms with Gasteiger partial charge in [-0.15, -0.1) is 5.10 Å². The zero-order chi connectivity index (χ0) is 17.6. The van der Waals surface area contributed by atoms with Gasteiger partial charge in [0, 0.05) is 12.0 Å². The minimum Gasteiger partial charge on any atom is -0.359 e. The number of aromatic nitrogens is 4. The van der Waals surface area contributed by atoms with Crippen molar-refractivity contribution >= 4 is 5.91 Å². The summed E-state index contributed by atoms with van der Waals surface area (Å²) in [6, 6.07) is 2.23. The summed E-state index contributed by atoms with van der Waals surface area (Å²) >= 11 is 0. The topological polar surface area (TPSA) is 97.9 Å². The molecule has 1 amide bonds. The maximum Gasteiger partial charge on any atom is 0.273 e. The van der Waals surface area contributed by atoms with E-state index in [2.05, 4.69) is 39.9 Å². The molecule has 1 fully saturated rings. The highest BCUT2D eigenvalue weighted by Gasteiger charge is 2.19. The Hall–Kier alpha value is -2.22. The van der Waals surface area contributed by atoms with Gasteiger partial charge >= 0.3 is 0 Å². The lowest BCUT2D eigenvalue weighted by molar-refractivity contribution is 0.0942. The van der Waals surface area contributed by atoms with Crippen LogP contribution in [0.25, 0.3) is 0 Å². The first-order valence-electron chi connectivity index (χ1n) is 9.07. The molecular formula is C17H26N6O2. The number of amides is 1. The zero-order valence-electron chi connectivity index (χ0n) is 14.9. The van der Waals surface area contributed by atoms with Crippen LogP contribution in [0.5, 0.6) is 0 Å². The summed E-state index contributed by atoms with van der Waals surface area (Å²) in [7, 11) is 0. The number of hydrogen-bond acceptors (Lipinski definition) is 6. The van der Waals surface area contributed by atoms with Crippen LogP contribution in [0.2, 0.25) is 0 Å². The van der Waals surface area contributed by atoms with E-state index in [4.69, 9.17) is 4.52 Å². The van der Waals surface area contributed by atoms with E-state index in [-0.39, 0.29) is 5.91 Å². The highest BCUT2D eigenvalue weighted by atomic mass is 16.5. The Morgan fingerprint density at radius 1 is 1.40 bits per heavy atom. The fraction of sp³-hybridized carbons (Fsp3) is 0.647. The van der Waals surface area contributed by atoms with Gasteiger partial charge in [0.25, 0.3) is 5.91 Å². The van der Waals surface area contributed by atoms with Crippen molar-refractivity contribution in [3.63, 3.8) is 0 Å². The quantitative estimate of drug-likeness (QED) is 0.796. The van der Waals surface area contributed by atoms with Crippen LogP contribution in [0, 0.1) is 0 Å². The summed E-state index contributed by atoms with van der Waals surface area (Å²) in [4.78, 5) is 12.3. The van der Waals surface area contributed by atoms with Gasteiger partial charge in [-0.1, -0.05) is 24.2 Å². The fourth-order valence-corrected chi connectivity index (χ4v) is 3.20. The molecule has 0 spiro atoms. The standard InChI is InChI=1S/C17H26N6O2/c1-3-12(4-2)15-9-14(25-21-15)10-19-17(24)16-11-23(22-20-16)13-5-7-18-8-6-13/h9,11-13,18H,3-8,10H2,1-2H3,(H,19,24). The van der Waals surface area contributed by atoms with E-state index in [1.54, 1.807) is 10.9 Å². The molecule has 2 aromatic heterocycles. The molecule has 8 nitrogen and oxygen atoms in total. The van der Waals surface area contributed by atoms with Crippen molar-refractivity contribution in [2.24, 2.45) is 0 Å². The van der Waals surface area contributed by atoms with E-state index in [9.17, 15) is 4.79 Å². The average Bonchev–Trinajstić information content (AvgIpc) is 3.32. The second-order valence-electron chi connectivity index (χ2n) is 6.48. The summed E-state index contributed by atoms with van der Waals surface area (Å²) in [5.74, 6) is 0.805. The number of hydrogen-bond donors (Lipinski definition) is 2. The monoisotopic (exact) mass is 346 g/mol. The molecule has 0 saturated carbocycles. The molecule has 0 unspecified atom stereocenters. The first kappa shape index (κ1) is 17.6. The lowest BCUT2D eigenvalue weighted by Crippen LogP contribution is -2.29. The van der Waals surface area contributed by atoms with Crippen LogP contribution in [0.15, 0.2) is 16.8 Å². The average molecular weight is 346 g/mol. The van der Waals surface area contributed by atoms with Gasteiger partial charge in [-0.05, 0) is 38.8 Å². The van der Waals surface area contributed by atoms with E-state index in [0.717, 1.165) is 44.5 Å². The van der Waals surface area contributed by atoms with E-state index >= 15 is 0 Å². The molecule has 3 rings (SSSR count). The zero-order valence-corrected chi connectivity index (χ0v) is 14.9. The van der Waals surface area contributed by atoms with Gasteiger partial charge in [0.1, 0.15) is 0 Å². The van der Waals surface area contributed by atoms with E-state index < -0.39 is 0 Å². The van der Waals surface area contributed by atoms with E-state index in [1.807, 2.05) is 6.07 Å². The van der Waals surface area contributed by atoms with Crippen molar-refractivity contribution in [1.29, 1.82) is 0 Å². The number of rotatable bonds is 7. The molecule has 2 N–H and O–H groups in total. The molecular weight excluding hydrogens is 320 g/mol. The summed E-state index contributed by atoms with van der Waals surface area (Å²) < 4.78 is 7.12. The number of carbonyl (C=O) groups is 1. The SMILES string of the molecule is CCC(CC)c1cc(CNC(=O)c2cn(C3CCNCC3)nn2)on1. The van der Waals surface area contributed by atoms with E-state index in [1.165, 1.54) is 0 Å². The maximum atomic E-state index is 12.3. The van der Waals surface area contributed by atoms with Crippen molar-refractivity contribution in [2.45, 2.75) is 58.0 Å². The van der Waals surface area contributed by atoms with Crippen molar-refractivity contribution in [3.8, 4) is 0 Å². The predicted molar refractivity (Wildman–Crippen MR) is 92.2 cm³/mol. The fourth-order valence-electron chi connectivity index (χ4n) is 3.20.